The van der Waals surface area contributed by atoms with Gasteiger partial charge in [-0.05, 0) is 25.8 Å². The van der Waals surface area contributed by atoms with Crippen molar-refractivity contribution in [3.05, 3.63) is 17.5 Å². The lowest BCUT2D eigenvalue weighted by atomic mass is 9.87. The molecule has 82 valence electrons. The molecule has 1 fully saturated rings. The third kappa shape index (κ3) is 2.46. The van der Waals surface area contributed by atoms with Gasteiger partial charge in [-0.1, -0.05) is 19.3 Å². The normalized spacial score (nSPS) is 17.7. The highest BCUT2D eigenvalue weighted by Crippen LogP contribution is 2.31. The van der Waals surface area contributed by atoms with Crippen molar-refractivity contribution in [2.45, 2.75) is 44.9 Å². The van der Waals surface area contributed by atoms with E-state index in [1.54, 1.807) is 0 Å². The van der Waals surface area contributed by atoms with Gasteiger partial charge < -0.3 is 5.32 Å². The molecule has 3 heteroatoms. The highest BCUT2D eigenvalue weighted by atomic mass is 15.1. The minimum absolute atomic E-state index is 0.660. The van der Waals surface area contributed by atoms with E-state index in [9.17, 15) is 0 Å². The lowest BCUT2D eigenvalue weighted by Gasteiger charge is -2.21. The highest BCUT2D eigenvalue weighted by Gasteiger charge is 2.17. The van der Waals surface area contributed by atoms with Crippen LogP contribution in [-0.4, -0.2) is 17.0 Å². The maximum atomic E-state index is 4.55. The second-order valence-electron chi connectivity index (χ2n) is 4.34. The van der Waals surface area contributed by atoms with Crippen LogP contribution in [0.1, 0.15) is 49.4 Å². The Kier molecular flexibility index (Phi) is 3.19. The molecule has 0 amide bonds. The van der Waals surface area contributed by atoms with E-state index in [1.807, 2.05) is 14.0 Å². The second kappa shape index (κ2) is 4.60. The van der Waals surface area contributed by atoms with Crippen LogP contribution < -0.4 is 5.32 Å². The monoisotopic (exact) mass is 205 g/mol. The van der Waals surface area contributed by atoms with Gasteiger partial charge in [-0.2, -0.15) is 0 Å². The topological polar surface area (TPSA) is 37.8 Å². The number of aromatic nitrogens is 2. The van der Waals surface area contributed by atoms with Crippen LogP contribution in [0.25, 0.3) is 0 Å². The molecule has 1 saturated carbocycles. The quantitative estimate of drug-likeness (QED) is 0.806. The van der Waals surface area contributed by atoms with Gasteiger partial charge in [0.05, 0.1) is 0 Å². The van der Waals surface area contributed by atoms with Gasteiger partial charge in [-0.25, -0.2) is 9.97 Å². The van der Waals surface area contributed by atoms with E-state index in [-0.39, 0.29) is 0 Å². The molecule has 0 spiro atoms. The lowest BCUT2D eigenvalue weighted by molar-refractivity contribution is 0.436. The number of hydrogen-bond donors (Lipinski definition) is 1. The molecule has 0 atom stereocenters. The van der Waals surface area contributed by atoms with Crippen molar-refractivity contribution in [2.75, 3.05) is 12.4 Å². The Balaban J connectivity index is 2.22. The summed E-state index contributed by atoms with van der Waals surface area (Å²) in [5.74, 6) is 1.42. The van der Waals surface area contributed by atoms with Crippen molar-refractivity contribution in [2.24, 2.45) is 0 Å². The summed E-state index contributed by atoms with van der Waals surface area (Å²) in [7, 11) is 1.87. The lowest BCUT2D eigenvalue weighted by Crippen LogP contribution is -2.09. The Bertz CT molecular complexity index is 330. The van der Waals surface area contributed by atoms with Gasteiger partial charge in [0, 0.05) is 24.4 Å². The molecular formula is C12H19N3. The molecule has 0 saturated heterocycles. The van der Waals surface area contributed by atoms with E-state index in [4.69, 9.17) is 0 Å². The third-order valence-electron chi connectivity index (χ3n) is 3.12. The minimum atomic E-state index is 0.660. The number of rotatable bonds is 2. The predicted octanol–water partition coefficient (Wildman–Crippen LogP) is 2.87. The fraction of sp³-hybridized carbons (Fsp3) is 0.667. The molecule has 0 aromatic carbocycles. The first-order valence-corrected chi connectivity index (χ1v) is 5.83. The summed E-state index contributed by atoms with van der Waals surface area (Å²) < 4.78 is 0. The molecule has 2 rings (SSSR count). The maximum absolute atomic E-state index is 4.55. The van der Waals surface area contributed by atoms with Gasteiger partial charge >= 0.3 is 0 Å². The average Bonchev–Trinajstić information content (AvgIpc) is 2.29. The first-order chi connectivity index (χ1) is 7.29. The summed E-state index contributed by atoms with van der Waals surface area (Å²) in [5, 5.41) is 3.03. The van der Waals surface area contributed by atoms with E-state index in [0.717, 1.165) is 11.6 Å². The summed E-state index contributed by atoms with van der Waals surface area (Å²) in [6, 6.07) is 2.14. The van der Waals surface area contributed by atoms with Crippen molar-refractivity contribution in [1.82, 2.24) is 9.97 Å². The van der Waals surface area contributed by atoms with E-state index in [2.05, 4.69) is 21.4 Å². The SMILES string of the molecule is CNc1nc(C)cc(C2CCCCC2)n1. The molecule has 0 radical (unpaired) electrons. The average molecular weight is 205 g/mol. The minimum Gasteiger partial charge on any atom is -0.357 e. The summed E-state index contributed by atoms with van der Waals surface area (Å²) in [4.78, 5) is 8.88. The van der Waals surface area contributed by atoms with Gasteiger partial charge in [0.2, 0.25) is 5.95 Å². The summed E-state index contributed by atoms with van der Waals surface area (Å²) in [5.41, 5.74) is 2.29. The van der Waals surface area contributed by atoms with Crippen LogP contribution in [0.2, 0.25) is 0 Å². The molecular weight excluding hydrogens is 186 g/mol. The van der Waals surface area contributed by atoms with E-state index in [0.29, 0.717) is 5.92 Å². The molecule has 3 nitrogen and oxygen atoms in total. The maximum Gasteiger partial charge on any atom is 0.222 e. The first kappa shape index (κ1) is 10.4. The number of anilines is 1. The highest BCUT2D eigenvalue weighted by molar-refractivity contribution is 5.28. The van der Waals surface area contributed by atoms with E-state index in [1.165, 1.54) is 37.8 Å². The van der Waals surface area contributed by atoms with Gasteiger partial charge in [-0.15, -0.1) is 0 Å². The Morgan fingerprint density at radius 3 is 2.60 bits per heavy atom. The van der Waals surface area contributed by atoms with Crippen molar-refractivity contribution >= 4 is 5.95 Å². The van der Waals surface area contributed by atoms with Gasteiger partial charge in [-0.3, -0.25) is 0 Å². The summed E-state index contributed by atoms with van der Waals surface area (Å²) in [6.45, 7) is 2.04. The standard InChI is InChI=1S/C12H19N3/c1-9-8-11(15-12(13-2)14-9)10-6-4-3-5-7-10/h8,10H,3-7H2,1-2H3,(H,13,14,15). The zero-order chi connectivity index (χ0) is 10.7. The molecule has 0 unspecified atom stereocenters. The number of nitrogens with zero attached hydrogens (tertiary/aromatic N) is 2. The summed E-state index contributed by atoms with van der Waals surface area (Å²) >= 11 is 0. The molecule has 1 N–H and O–H groups in total. The van der Waals surface area contributed by atoms with Crippen LogP contribution in [0.15, 0.2) is 6.07 Å². The van der Waals surface area contributed by atoms with Crippen LogP contribution in [0.4, 0.5) is 5.95 Å². The Morgan fingerprint density at radius 2 is 1.93 bits per heavy atom. The fourth-order valence-electron chi connectivity index (χ4n) is 2.31. The van der Waals surface area contributed by atoms with Crippen molar-refractivity contribution in [3.63, 3.8) is 0 Å². The van der Waals surface area contributed by atoms with Crippen molar-refractivity contribution in [1.29, 1.82) is 0 Å². The van der Waals surface area contributed by atoms with Crippen molar-refractivity contribution in [3.8, 4) is 0 Å². The molecule has 1 heterocycles. The molecule has 1 aliphatic rings. The van der Waals surface area contributed by atoms with Crippen LogP contribution in [0.5, 0.6) is 0 Å². The van der Waals surface area contributed by atoms with Crippen LogP contribution in [0, 0.1) is 6.92 Å². The number of aryl methyl sites for hydroxylation is 1. The van der Waals surface area contributed by atoms with Gasteiger partial charge in [0.15, 0.2) is 0 Å². The Hall–Kier alpha value is -1.12. The zero-order valence-corrected chi connectivity index (χ0v) is 9.58. The van der Waals surface area contributed by atoms with Gasteiger partial charge in [0.1, 0.15) is 0 Å². The van der Waals surface area contributed by atoms with Crippen LogP contribution in [0.3, 0.4) is 0 Å². The van der Waals surface area contributed by atoms with Crippen LogP contribution >= 0.6 is 0 Å². The summed E-state index contributed by atoms with van der Waals surface area (Å²) in [6.07, 6.45) is 6.67. The van der Waals surface area contributed by atoms with Crippen molar-refractivity contribution < 1.29 is 0 Å². The molecule has 1 aliphatic carbocycles. The Morgan fingerprint density at radius 1 is 1.20 bits per heavy atom. The van der Waals surface area contributed by atoms with Gasteiger partial charge in [0.25, 0.3) is 0 Å². The molecule has 1 aromatic heterocycles. The number of hydrogen-bond acceptors (Lipinski definition) is 3. The smallest absolute Gasteiger partial charge is 0.222 e. The largest absolute Gasteiger partial charge is 0.357 e. The molecule has 0 aliphatic heterocycles. The zero-order valence-electron chi connectivity index (χ0n) is 9.58. The molecule has 0 bridgehead atoms. The fourth-order valence-corrected chi connectivity index (χ4v) is 2.31. The van der Waals surface area contributed by atoms with Crippen LogP contribution in [-0.2, 0) is 0 Å². The van der Waals surface area contributed by atoms with E-state index < -0.39 is 0 Å². The second-order valence-corrected chi connectivity index (χ2v) is 4.34. The first-order valence-electron chi connectivity index (χ1n) is 5.83. The number of nitrogens with one attached hydrogen (secondary N) is 1. The molecule has 15 heavy (non-hydrogen) atoms. The Labute approximate surface area is 91.3 Å². The predicted molar refractivity (Wildman–Crippen MR) is 62.1 cm³/mol. The third-order valence-corrected chi connectivity index (χ3v) is 3.12. The van der Waals surface area contributed by atoms with E-state index >= 15 is 0 Å². The molecule has 1 aromatic rings.